The van der Waals surface area contributed by atoms with Gasteiger partial charge in [-0.05, 0) is 29.8 Å². The summed E-state index contributed by atoms with van der Waals surface area (Å²) in [5, 5.41) is 10.5. The van der Waals surface area contributed by atoms with Crippen LogP contribution in [0.4, 0.5) is 13.2 Å². The Morgan fingerprint density at radius 3 is 2.59 bits per heavy atom. The van der Waals surface area contributed by atoms with Gasteiger partial charge in [-0.1, -0.05) is 36.0 Å². The van der Waals surface area contributed by atoms with Gasteiger partial charge in [-0.25, -0.2) is 4.98 Å². The molecule has 3 aromatic rings. The monoisotopic (exact) mass is 421 g/mol. The molecule has 0 saturated carbocycles. The van der Waals surface area contributed by atoms with E-state index in [0.717, 1.165) is 26.7 Å². The third kappa shape index (κ3) is 3.97. The van der Waals surface area contributed by atoms with Gasteiger partial charge in [0, 0.05) is 24.3 Å². The number of likely N-dealkylation sites (tertiary alicyclic amines) is 1. The van der Waals surface area contributed by atoms with Crippen molar-refractivity contribution in [3.05, 3.63) is 59.7 Å². The van der Waals surface area contributed by atoms with Crippen molar-refractivity contribution in [2.24, 2.45) is 0 Å². The van der Waals surface area contributed by atoms with E-state index in [1.807, 2.05) is 24.3 Å². The second-order valence-electron chi connectivity index (χ2n) is 7.05. The number of hydrogen-bond donors (Lipinski definition) is 2. The summed E-state index contributed by atoms with van der Waals surface area (Å²) in [7, 11) is 0. The average Bonchev–Trinajstić information content (AvgIpc) is 3.30. The highest BCUT2D eigenvalue weighted by molar-refractivity contribution is 7.98. The minimum atomic E-state index is -4.75. The predicted octanol–water partition coefficient (Wildman–Crippen LogP) is 3.99. The number of nitrogens with one attached hydrogen (secondary N) is 1. The number of imidazole rings is 1. The van der Waals surface area contributed by atoms with E-state index >= 15 is 0 Å². The Labute approximate surface area is 168 Å². The van der Waals surface area contributed by atoms with Crippen molar-refractivity contribution < 1.29 is 23.1 Å². The fraction of sp³-hybridized carbons (Fsp3) is 0.300. The first kappa shape index (κ1) is 19.8. The lowest BCUT2D eigenvalue weighted by Gasteiger charge is -2.25. The van der Waals surface area contributed by atoms with Crippen LogP contribution in [0.5, 0.6) is 0 Å². The van der Waals surface area contributed by atoms with Gasteiger partial charge in [-0.15, -0.1) is 0 Å². The Balaban J connectivity index is 1.38. The first-order valence-corrected chi connectivity index (χ1v) is 9.99. The summed E-state index contributed by atoms with van der Waals surface area (Å²) in [6, 6.07) is 14.5. The van der Waals surface area contributed by atoms with E-state index < -0.39 is 30.7 Å². The summed E-state index contributed by atoms with van der Waals surface area (Å²) >= 11 is 1.52. The number of aliphatic hydroxyl groups is 1. The number of fused-ring (bicyclic) bond motifs is 1. The zero-order valence-corrected chi connectivity index (χ0v) is 16.1. The van der Waals surface area contributed by atoms with Crippen LogP contribution in [0.3, 0.4) is 0 Å². The van der Waals surface area contributed by atoms with Crippen molar-refractivity contribution >= 4 is 28.7 Å². The smallest absolute Gasteiger partial charge is 0.379 e. The molecule has 2 N–H and O–H groups in total. The van der Waals surface area contributed by atoms with Gasteiger partial charge in [-0.2, -0.15) is 13.2 Å². The molecule has 1 unspecified atom stereocenters. The molecule has 1 saturated heterocycles. The maximum atomic E-state index is 12.9. The molecule has 152 valence electrons. The Kier molecular flexibility index (Phi) is 5.04. The molecule has 1 aliphatic rings. The number of benzene rings is 2. The van der Waals surface area contributed by atoms with Crippen LogP contribution in [0.15, 0.2) is 53.7 Å². The highest BCUT2D eigenvalue weighted by Gasteiger charge is 2.57. The van der Waals surface area contributed by atoms with Gasteiger partial charge in [0.1, 0.15) is 0 Å². The molecule has 1 aromatic heterocycles. The van der Waals surface area contributed by atoms with Crippen LogP contribution in [0.2, 0.25) is 0 Å². The van der Waals surface area contributed by atoms with Crippen LogP contribution in [0, 0.1) is 0 Å². The second-order valence-corrected chi connectivity index (χ2v) is 8.01. The third-order valence-electron chi connectivity index (χ3n) is 5.01. The Morgan fingerprint density at radius 2 is 1.93 bits per heavy atom. The van der Waals surface area contributed by atoms with Crippen molar-refractivity contribution in [3.8, 4) is 0 Å². The van der Waals surface area contributed by atoms with E-state index in [2.05, 4.69) is 9.97 Å². The fourth-order valence-corrected chi connectivity index (χ4v) is 4.11. The molecule has 1 amide bonds. The number of halogens is 3. The molecule has 1 atom stereocenters. The first-order chi connectivity index (χ1) is 13.7. The molecule has 0 spiro atoms. The van der Waals surface area contributed by atoms with E-state index in [0.29, 0.717) is 11.3 Å². The highest BCUT2D eigenvalue weighted by atomic mass is 32.2. The Bertz CT molecular complexity index is 1000. The van der Waals surface area contributed by atoms with Crippen LogP contribution in [-0.4, -0.2) is 50.7 Å². The van der Waals surface area contributed by atoms with Crippen molar-refractivity contribution in [2.45, 2.75) is 29.1 Å². The average molecular weight is 421 g/mol. The molecule has 29 heavy (non-hydrogen) atoms. The van der Waals surface area contributed by atoms with Gasteiger partial charge in [0.05, 0.1) is 17.6 Å². The fourth-order valence-electron chi connectivity index (χ4n) is 3.27. The number of β-amino-alcohol motifs (C(OH)–C–C–N with tert-alkyl or cyclic N) is 1. The van der Waals surface area contributed by atoms with E-state index in [-0.39, 0.29) is 6.54 Å². The minimum Gasteiger partial charge on any atom is -0.379 e. The zero-order chi connectivity index (χ0) is 20.6. The normalized spacial score (nSPS) is 19.8. The topological polar surface area (TPSA) is 69.2 Å². The van der Waals surface area contributed by atoms with Gasteiger partial charge in [0.15, 0.2) is 10.8 Å². The van der Waals surface area contributed by atoms with E-state index in [9.17, 15) is 23.1 Å². The van der Waals surface area contributed by atoms with Crippen molar-refractivity contribution in [1.29, 1.82) is 0 Å². The van der Waals surface area contributed by atoms with Gasteiger partial charge >= 0.3 is 6.18 Å². The number of para-hydroxylation sites is 2. The van der Waals surface area contributed by atoms with E-state index in [4.69, 9.17) is 0 Å². The molecule has 1 fully saturated rings. The molecule has 0 bridgehead atoms. The largest absolute Gasteiger partial charge is 0.419 e. The quantitative estimate of drug-likeness (QED) is 0.625. The summed E-state index contributed by atoms with van der Waals surface area (Å²) < 4.78 is 38.8. The first-order valence-electron chi connectivity index (χ1n) is 9.00. The summed E-state index contributed by atoms with van der Waals surface area (Å²) in [5.41, 5.74) is 0.279. The summed E-state index contributed by atoms with van der Waals surface area (Å²) in [4.78, 5) is 21.2. The number of carbonyl (C=O) groups is 1. The Hall–Kier alpha value is -2.52. The number of rotatable bonds is 4. The van der Waals surface area contributed by atoms with Crippen molar-refractivity contribution in [2.75, 3.05) is 13.1 Å². The van der Waals surface area contributed by atoms with Crippen LogP contribution in [0.25, 0.3) is 11.0 Å². The lowest BCUT2D eigenvalue weighted by molar-refractivity contribution is -0.253. The number of nitrogens with zero attached hydrogens (tertiary/aromatic N) is 2. The zero-order valence-electron chi connectivity index (χ0n) is 15.2. The molecule has 9 heteroatoms. The third-order valence-corrected chi connectivity index (χ3v) is 5.95. The standard InChI is InChI=1S/C20H18F3N3O2S/c21-20(22,23)19(28)9-10-26(12-19)17(27)14-7-5-13(6-8-14)11-29-18-24-15-3-1-2-4-16(15)25-18/h1-8,28H,9-12H2,(H,24,25). The van der Waals surface area contributed by atoms with E-state index in [1.54, 1.807) is 24.3 Å². The second kappa shape index (κ2) is 7.38. The molecular weight excluding hydrogens is 403 g/mol. The highest BCUT2D eigenvalue weighted by Crippen LogP contribution is 2.38. The molecule has 0 aliphatic carbocycles. The minimum absolute atomic E-state index is 0.126. The molecule has 0 radical (unpaired) electrons. The number of aromatic nitrogens is 2. The lowest BCUT2D eigenvalue weighted by Crippen LogP contribution is -2.48. The van der Waals surface area contributed by atoms with Crippen LogP contribution >= 0.6 is 11.8 Å². The SMILES string of the molecule is O=C(c1ccc(CSc2nc3ccccc3[nH]2)cc1)N1CCC(O)(C(F)(F)F)C1. The summed E-state index contributed by atoms with van der Waals surface area (Å²) in [6.07, 6.45) is -5.26. The van der Waals surface area contributed by atoms with Crippen LogP contribution < -0.4 is 0 Å². The van der Waals surface area contributed by atoms with Gasteiger partial charge in [-0.3, -0.25) is 4.79 Å². The number of carbonyl (C=O) groups excluding carboxylic acids is 1. The van der Waals surface area contributed by atoms with Crippen molar-refractivity contribution in [3.63, 3.8) is 0 Å². The van der Waals surface area contributed by atoms with Gasteiger partial charge in [0.25, 0.3) is 5.91 Å². The van der Waals surface area contributed by atoms with Crippen LogP contribution in [-0.2, 0) is 5.75 Å². The number of alkyl halides is 3. The number of amides is 1. The lowest BCUT2D eigenvalue weighted by atomic mass is 10.0. The van der Waals surface area contributed by atoms with Crippen LogP contribution in [0.1, 0.15) is 22.3 Å². The summed E-state index contributed by atoms with van der Waals surface area (Å²) in [5.74, 6) is 0.118. The maximum absolute atomic E-state index is 12.9. The maximum Gasteiger partial charge on any atom is 0.419 e. The molecule has 2 heterocycles. The molecular formula is C20H18F3N3O2S. The number of thioether (sulfide) groups is 1. The molecule has 5 nitrogen and oxygen atoms in total. The molecule has 4 rings (SSSR count). The molecule has 1 aliphatic heterocycles. The number of hydrogen-bond acceptors (Lipinski definition) is 4. The van der Waals surface area contributed by atoms with Crippen molar-refractivity contribution in [1.82, 2.24) is 14.9 Å². The molecule has 2 aromatic carbocycles. The number of aromatic amines is 1. The summed E-state index contributed by atoms with van der Waals surface area (Å²) in [6.45, 7) is -0.864. The van der Waals surface area contributed by atoms with Gasteiger partial charge in [0.2, 0.25) is 0 Å². The predicted molar refractivity (Wildman–Crippen MR) is 104 cm³/mol. The number of H-pyrrole nitrogens is 1. The van der Waals surface area contributed by atoms with Gasteiger partial charge < -0.3 is 15.0 Å². The van der Waals surface area contributed by atoms with E-state index in [1.165, 1.54) is 11.8 Å². The Morgan fingerprint density at radius 1 is 1.21 bits per heavy atom.